The van der Waals surface area contributed by atoms with Crippen LogP contribution in [-0.2, 0) is 18.0 Å². The number of methoxy groups -OCH3 is 2. The molecular formula is C19H19N3O5. The quantitative estimate of drug-likeness (QED) is 0.652. The standard InChI is InChI=1S/C19H19N3O5/c1-25-16-5-14(6-17(7-16)26-2)12-27-11-13-3-4-18(20-8-13)22-10-15(9-21-22)19(23)24/h3-10H,11-12H2,1-2H3,(H,23,24). The Morgan fingerprint density at radius 3 is 2.30 bits per heavy atom. The van der Waals surface area contributed by atoms with Crippen molar-refractivity contribution < 1.29 is 24.1 Å². The summed E-state index contributed by atoms with van der Waals surface area (Å²) in [6.45, 7) is 0.780. The molecular weight excluding hydrogens is 350 g/mol. The van der Waals surface area contributed by atoms with Gasteiger partial charge in [-0.3, -0.25) is 0 Å². The average Bonchev–Trinajstić information content (AvgIpc) is 3.19. The second kappa shape index (κ2) is 8.33. The highest BCUT2D eigenvalue weighted by Crippen LogP contribution is 2.23. The van der Waals surface area contributed by atoms with Crippen molar-refractivity contribution in [1.29, 1.82) is 0 Å². The van der Waals surface area contributed by atoms with Gasteiger partial charge in [0, 0.05) is 18.5 Å². The molecule has 3 rings (SSSR count). The summed E-state index contributed by atoms with van der Waals surface area (Å²) in [4.78, 5) is 15.2. The Labute approximate surface area is 155 Å². The number of benzene rings is 1. The van der Waals surface area contributed by atoms with Crippen LogP contribution < -0.4 is 9.47 Å². The zero-order valence-electron chi connectivity index (χ0n) is 15.0. The lowest BCUT2D eigenvalue weighted by Gasteiger charge is -2.09. The molecule has 0 unspecified atom stereocenters. The van der Waals surface area contributed by atoms with Crippen molar-refractivity contribution in [2.24, 2.45) is 0 Å². The minimum atomic E-state index is -1.03. The number of aromatic nitrogens is 3. The zero-order valence-corrected chi connectivity index (χ0v) is 15.0. The van der Waals surface area contributed by atoms with Crippen LogP contribution in [0.4, 0.5) is 0 Å². The first-order valence-corrected chi connectivity index (χ1v) is 8.12. The summed E-state index contributed by atoms with van der Waals surface area (Å²) in [5, 5.41) is 12.9. The SMILES string of the molecule is COc1cc(COCc2ccc(-n3cc(C(=O)O)cn3)nc2)cc(OC)c1. The van der Waals surface area contributed by atoms with Crippen LogP contribution in [0.5, 0.6) is 11.5 Å². The van der Waals surface area contributed by atoms with Gasteiger partial charge in [-0.05, 0) is 29.3 Å². The van der Waals surface area contributed by atoms with Gasteiger partial charge < -0.3 is 19.3 Å². The van der Waals surface area contributed by atoms with Gasteiger partial charge in [-0.15, -0.1) is 0 Å². The van der Waals surface area contributed by atoms with Crippen molar-refractivity contribution in [3.05, 3.63) is 65.6 Å². The van der Waals surface area contributed by atoms with Gasteiger partial charge in [0.1, 0.15) is 11.5 Å². The van der Waals surface area contributed by atoms with E-state index in [4.69, 9.17) is 19.3 Å². The largest absolute Gasteiger partial charge is 0.497 e. The Balaban J connectivity index is 1.59. The van der Waals surface area contributed by atoms with E-state index in [9.17, 15) is 4.79 Å². The summed E-state index contributed by atoms with van der Waals surface area (Å²) >= 11 is 0. The number of ether oxygens (including phenoxy) is 3. The van der Waals surface area contributed by atoms with Crippen LogP contribution in [-0.4, -0.2) is 40.1 Å². The summed E-state index contributed by atoms with van der Waals surface area (Å²) in [7, 11) is 3.21. The molecule has 0 aliphatic carbocycles. The summed E-state index contributed by atoms with van der Waals surface area (Å²) < 4.78 is 17.6. The third-order valence-corrected chi connectivity index (χ3v) is 3.82. The second-order valence-electron chi connectivity index (χ2n) is 5.72. The highest BCUT2D eigenvalue weighted by atomic mass is 16.5. The number of nitrogens with zero attached hydrogens (tertiary/aromatic N) is 3. The van der Waals surface area contributed by atoms with E-state index < -0.39 is 5.97 Å². The molecule has 140 valence electrons. The Morgan fingerprint density at radius 2 is 1.74 bits per heavy atom. The number of carboxylic acid groups (broad SMARTS) is 1. The fraction of sp³-hybridized carbons (Fsp3) is 0.211. The Morgan fingerprint density at radius 1 is 1.04 bits per heavy atom. The van der Waals surface area contributed by atoms with Gasteiger partial charge in [-0.25, -0.2) is 14.5 Å². The minimum Gasteiger partial charge on any atom is -0.497 e. The Kier molecular flexibility index (Phi) is 5.68. The number of carboxylic acids is 1. The van der Waals surface area contributed by atoms with E-state index in [-0.39, 0.29) is 5.56 Å². The fourth-order valence-corrected chi connectivity index (χ4v) is 2.43. The maximum Gasteiger partial charge on any atom is 0.338 e. The zero-order chi connectivity index (χ0) is 19.2. The van der Waals surface area contributed by atoms with Gasteiger partial charge in [-0.1, -0.05) is 6.07 Å². The van der Waals surface area contributed by atoms with Gasteiger partial charge in [0.05, 0.1) is 39.2 Å². The van der Waals surface area contributed by atoms with Gasteiger partial charge >= 0.3 is 5.97 Å². The van der Waals surface area contributed by atoms with Gasteiger partial charge in [-0.2, -0.15) is 5.10 Å². The molecule has 1 N–H and O–H groups in total. The van der Waals surface area contributed by atoms with Crippen LogP contribution in [0.25, 0.3) is 5.82 Å². The van der Waals surface area contributed by atoms with Crippen LogP contribution >= 0.6 is 0 Å². The van der Waals surface area contributed by atoms with Crippen molar-refractivity contribution in [3.8, 4) is 17.3 Å². The lowest BCUT2D eigenvalue weighted by molar-refractivity contribution is 0.0697. The highest BCUT2D eigenvalue weighted by molar-refractivity contribution is 5.86. The van der Waals surface area contributed by atoms with Crippen LogP contribution in [0.15, 0.2) is 48.9 Å². The maximum absolute atomic E-state index is 10.9. The Hall–Kier alpha value is -3.39. The highest BCUT2D eigenvalue weighted by Gasteiger charge is 2.08. The third kappa shape index (κ3) is 4.62. The monoisotopic (exact) mass is 369 g/mol. The van der Waals surface area contributed by atoms with Crippen LogP contribution in [0.2, 0.25) is 0 Å². The summed E-state index contributed by atoms with van der Waals surface area (Å²) in [5.41, 5.74) is 1.94. The second-order valence-corrected chi connectivity index (χ2v) is 5.72. The molecule has 0 spiro atoms. The van der Waals surface area contributed by atoms with Crippen molar-refractivity contribution in [2.45, 2.75) is 13.2 Å². The van der Waals surface area contributed by atoms with Crippen molar-refractivity contribution >= 4 is 5.97 Å². The minimum absolute atomic E-state index is 0.109. The van der Waals surface area contributed by atoms with Gasteiger partial charge in [0.25, 0.3) is 0 Å². The molecule has 0 radical (unpaired) electrons. The lowest BCUT2D eigenvalue weighted by Crippen LogP contribution is -2.00. The molecule has 0 bridgehead atoms. The van der Waals surface area contributed by atoms with E-state index in [2.05, 4.69) is 10.1 Å². The molecule has 0 aliphatic heterocycles. The van der Waals surface area contributed by atoms with E-state index in [0.717, 1.165) is 11.1 Å². The normalized spacial score (nSPS) is 10.6. The third-order valence-electron chi connectivity index (χ3n) is 3.82. The Bertz CT molecular complexity index is 899. The molecule has 8 heteroatoms. The number of hydrogen-bond acceptors (Lipinski definition) is 6. The first-order chi connectivity index (χ1) is 13.1. The van der Waals surface area contributed by atoms with Crippen LogP contribution in [0, 0.1) is 0 Å². The van der Waals surface area contributed by atoms with E-state index in [1.165, 1.54) is 17.1 Å². The van der Waals surface area contributed by atoms with Crippen molar-refractivity contribution in [2.75, 3.05) is 14.2 Å². The number of pyridine rings is 1. The smallest absolute Gasteiger partial charge is 0.338 e. The van der Waals surface area contributed by atoms with E-state index in [1.54, 1.807) is 32.5 Å². The summed E-state index contributed by atoms with van der Waals surface area (Å²) in [6, 6.07) is 9.20. The van der Waals surface area contributed by atoms with Gasteiger partial charge in [0.15, 0.2) is 5.82 Å². The predicted octanol–water partition coefficient (Wildman–Crippen LogP) is 2.70. The number of hydrogen-bond donors (Lipinski definition) is 1. The molecule has 0 atom stereocenters. The van der Waals surface area contributed by atoms with Crippen molar-refractivity contribution in [3.63, 3.8) is 0 Å². The van der Waals surface area contributed by atoms with Crippen LogP contribution in [0.1, 0.15) is 21.5 Å². The molecule has 0 fully saturated rings. The molecule has 0 aliphatic rings. The van der Waals surface area contributed by atoms with Crippen molar-refractivity contribution in [1.82, 2.24) is 14.8 Å². The van der Waals surface area contributed by atoms with Gasteiger partial charge in [0.2, 0.25) is 0 Å². The fourth-order valence-electron chi connectivity index (χ4n) is 2.43. The first kappa shape index (κ1) is 18.4. The number of aromatic carboxylic acids is 1. The predicted molar refractivity (Wildman–Crippen MR) is 96.4 cm³/mol. The molecule has 3 aromatic rings. The maximum atomic E-state index is 10.9. The molecule has 1 aromatic carbocycles. The van der Waals surface area contributed by atoms with E-state index in [1.807, 2.05) is 18.2 Å². The summed E-state index contributed by atoms with van der Waals surface area (Å²) in [5.74, 6) is 0.919. The average molecular weight is 369 g/mol. The molecule has 0 saturated heterocycles. The molecule has 0 amide bonds. The lowest BCUT2D eigenvalue weighted by atomic mass is 10.2. The topological polar surface area (TPSA) is 95.7 Å². The van der Waals surface area contributed by atoms with Crippen LogP contribution in [0.3, 0.4) is 0 Å². The molecule has 8 nitrogen and oxygen atoms in total. The number of rotatable bonds is 8. The first-order valence-electron chi connectivity index (χ1n) is 8.12. The molecule has 0 saturated carbocycles. The number of carbonyl (C=O) groups is 1. The van der Waals surface area contributed by atoms with E-state index in [0.29, 0.717) is 30.5 Å². The summed E-state index contributed by atoms with van der Waals surface area (Å²) in [6.07, 6.45) is 4.37. The molecule has 2 heterocycles. The van der Waals surface area contributed by atoms with E-state index >= 15 is 0 Å². The molecule has 27 heavy (non-hydrogen) atoms. The molecule has 2 aromatic heterocycles.